The molecule has 5 nitrogen and oxygen atoms in total. The van der Waals surface area contributed by atoms with Crippen LogP contribution in [0.1, 0.15) is 24.1 Å². The second-order valence-electron chi connectivity index (χ2n) is 5.75. The maximum Gasteiger partial charge on any atom is 0.223 e. The van der Waals surface area contributed by atoms with Gasteiger partial charge in [-0.25, -0.2) is 9.97 Å². The van der Waals surface area contributed by atoms with Gasteiger partial charge in [0.2, 0.25) is 5.95 Å². The van der Waals surface area contributed by atoms with Crippen molar-refractivity contribution in [2.75, 3.05) is 18.4 Å². The van der Waals surface area contributed by atoms with E-state index in [2.05, 4.69) is 47.2 Å². The smallest absolute Gasteiger partial charge is 0.223 e. The lowest BCUT2D eigenvalue weighted by molar-refractivity contribution is 0.208. The number of pyridine rings is 1. The Kier molecular flexibility index (Phi) is 5.00. The number of nitrogens with zero attached hydrogens (tertiary/aromatic N) is 4. The van der Waals surface area contributed by atoms with Gasteiger partial charge < -0.3 is 5.32 Å². The minimum Gasteiger partial charge on any atom is -0.350 e. The Morgan fingerprint density at radius 1 is 1.41 bits per heavy atom. The van der Waals surface area contributed by atoms with Crippen LogP contribution in [0.25, 0.3) is 0 Å². The maximum atomic E-state index is 4.43. The topological polar surface area (TPSA) is 53.9 Å². The fourth-order valence-electron chi connectivity index (χ4n) is 2.82. The summed E-state index contributed by atoms with van der Waals surface area (Å²) >= 11 is 3.48. The minimum absolute atomic E-state index is 0.399. The molecule has 116 valence electrons. The molecular formula is C16H20BrN5. The number of aromatic nitrogens is 3. The quantitative estimate of drug-likeness (QED) is 0.906. The molecule has 1 fully saturated rings. The molecule has 1 atom stereocenters. The van der Waals surface area contributed by atoms with Gasteiger partial charge >= 0.3 is 0 Å². The summed E-state index contributed by atoms with van der Waals surface area (Å²) in [6, 6.07) is 4.45. The molecule has 0 amide bonds. The van der Waals surface area contributed by atoms with Crippen LogP contribution in [0.15, 0.2) is 35.2 Å². The third kappa shape index (κ3) is 4.24. The Morgan fingerprint density at radius 3 is 3.14 bits per heavy atom. The highest BCUT2D eigenvalue weighted by atomic mass is 79.9. The lowest BCUT2D eigenvalue weighted by atomic mass is 10.1. The van der Waals surface area contributed by atoms with E-state index in [4.69, 9.17) is 0 Å². The molecule has 6 heteroatoms. The zero-order chi connectivity index (χ0) is 15.4. The van der Waals surface area contributed by atoms with Crippen LogP contribution >= 0.6 is 15.9 Å². The molecule has 2 aromatic rings. The average Bonchev–Trinajstić information content (AvgIpc) is 2.47. The monoisotopic (exact) mass is 361 g/mol. The zero-order valence-corrected chi connectivity index (χ0v) is 14.3. The molecule has 0 saturated carbocycles. The summed E-state index contributed by atoms with van der Waals surface area (Å²) in [6.45, 7) is 5.04. The Balaban J connectivity index is 1.59. The highest BCUT2D eigenvalue weighted by Crippen LogP contribution is 2.17. The van der Waals surface area contributed by atoms with Crippen LogP contribution in [0, 0.1) is 6.92 Å². The van der Waals surface area contributed by atoms with E-state index >= 15 is 0 Å². The van der Waals surface area contributed by atoms with E-state index in [1.165, 1.54) is 12.0 Å². The lowest BCUT2D eigenvalue weighted by Gasteiger charge is -2.33. The molecule has 2 aromatic heterocycles. The molecule has 1 saturated heterocycles. The van der Waals surface area contributed by atoms with E-state index in [0.717, 1.165) is 42.2 Å². The molecule has 3 heterocycles. The third-order valence-corrected chi connectivity index (χ3v) is 4.23. The first-order valence-electron chi connectivity index (χ1n) is 7.57. The van der Waals surface area contributed by atoms with E-state index in [9.17, 15) is 0 Å². The molecule has 0 radical (unpaired) electrons. The summed E-state index contributed by atoms with van der Waals surface area (Å²) in [7, 11) is 0. The van der Waals surface area contributed by atoms with Gasteiger partial charge in [0.1, 0.15) is 0 Å². The summed E-state index contributed by atoms with van der Waals surface area (Å²) in [6.07, 6.45) is 7.90. The number of rotatable bonds is 4. The standard InChI is InChI=1S/C16H20BrN5/c1-12-4-5-19-16(20-12)21-15-3-2-6-22(11-15)10-13-7-14(17)9-18-8-13/h4-5,7-9,15H,2-3,6,10-11H2,1H3,(H,19,20,21). The lowest BCUT2D eigenvalue weighted by Crippen LogP contribution is -2.41. The van der Waals surface area contributed by atoms with Crippen molar-refractivity contribution < 1.29 is 0 Å². The Morgan fingerprint density at radius 2 is 2.32 bits per heavy atom. The van der Waals surface area contributed by atoms with Crippen molar-refractivity contribution in [1.82, 2.24) is 19.9 Å². The first kappa shape index (κ1) is 15.4. The summed E-state index contributed by atoms with van der Waals surface area (Å²) in [5, 5.41) is 3.46. The van der Waals surface area contributed by atoms with Crippen LogP contribution in [0.4, 0.5) is 5.95 Å². The van der Waals surface area contributed by atoms with Crippen LogP contribution in [-0.2, 0) is 6.54 Å². The number of hydrogen-bond acceptors (Lipinski definition) is 5. The molecule has 3 rings (SSSR count). The first-order valence-corrected chi connectivity index (χ1v) is 8.36. The number of aryl methyl sites for hydroxylation is 1. The number of hydrogen-bond donors (Lipinski definition) is 1. The second-order valence-corrected chi connectivity index (χ2v) is 6.67. The Labute approximate surface area is 139 Å². The van der Waals surface area contributed by atoms with Crippen LogP contribution < -0.4 is 5.32 Å². The second kappa shape index (κ2) is 7.15. The van der Waals surface area contributed by atoms with Gasteiger partial charge in [-0.3, -0.25) is 9.88 Å². The largest absolute Gasteiger partial charge is 0.350 e. The normalized spacial score (nSPS) is 19.1. The van der Waals surface area contributed by atoms with Crippen LogP contribution in [0.2, 0.25) is 0 Å². The Bertz CT molecular complexity index is 580. The summed E-state index contributed by atoms with van der Waals surface area (Å²) in [5.74, 6) is 0.732. The molecule has 0 aliphatic carbocycles. The van der Waals surface area contributed by atoms with Gasteiger partial charge in [-0.15, -0.1) is 0 Å². The van der Waals surface area contributed by atoms with E-state index < -0.39 is 0 Å². The van der Waals surface area contributed by atoms with E-state index in [0.29, 0.717) is 6.04 Å². The number of anilines is 1. The molecule has 0 aromatic carbocycles. The number of nitrogens with one attached hydrogen (secondary N) is 1. The van der Waals surface area contributed by atoms with Crippen LogP contribution in [-0.4, -0.2) is 39.0 Å². The predicted molar refractivity (Wildman–Crippen MR) is 90.6 cm³/mol. The predicted octanol–water partition coefficient (Wildman–Crippen LogP) is 3.02. The highest BCUT2D eigenvalue weighted by Gasteiger charge is 2.20. The summed E-state index contributed by atoms with van der Waals surface area (Å²) in [4.78, 5) is 15.4. The Hall–Kier alpha value is -1.53. The molecule has 1 N–H and O–H groups in total. The minimum atomic E-state index is 0.399. The summed E-state index contributed by atoms with van der Waals surface area (Å²) in [5.41, 5.74) is 2.23. The zero-order valence-electron chi connectivity index (χ0n) is 12.7. The molecule has 0 bridgehead atoms. The molecule has 1 unspecified atom stereocenters. The fourth-order valence-corrected chi connectivity index (χ4v) is 3.23. The number of likely N-dealkylation sites (tertiary alicyclic amines) is 1. The molecule has 22 heavy (non-hydrogen) atoms. The van der Waals surface area contributed by atoms with Crippen LogP contribution in [0.5, 0.6) is 0 Å². The molecular weight excluding hydrogens is 342 g/mol. The van der Waals surface area contributed by atoms with Gasteiger partial charge in [0.15, 0.2) is 0 Å². The van der Waals surface area contributed by atoms with Crippen molar-refractivity contribution >= 4 is 21.9 Å². The van der Waals surface area contributed by atoms with Gasteiger partial charge in [-0.05, 0) is 59.9 Å². The average molecular weight is 362 g/mol. The fraction of sp³-hybridized carbons (Fsp3) is 0.438. The van der Waals surface area contributed by atoms with Crippen molar-refractivity contribution in [2.24, 2.45) is 0 Å². The van der Waals surface area contributed by atoms with Crippen molar-refractivity contribution in [2.45, 2.75) is 32.4 Å². The van der Waals surface area contributed by atoms with Gasteiger partial charge in [-0.1, -0.05) is 0 Å². The molecule has 0 spiro atoms. The van der Waals surface area contributed by atoms with Gasteiger partial charge in [0.05, 0.1) is 0 Å². The van der Waals surface area contributed by atoms with Crippen molar-refractivity contribution in [3.8, 4) is 0 Å². The molecule has 1 aliphatic heterocycles. The van der Waals surface area contributed by atoms with Crippen molar-refractivity contribution in [1.29, 1.82) is 0 Å². The van der Waals surface area contributed by atoms with Gasteiger partial charge in [0, 0.05) is 47.9 Å². The van der Waals surface area contributed by atoms with E-state index in [1.54, 1.807) is 6.20 Å². The molecule has 1 aliphatic rings. The van der Waals surface area contributed by atoms with Crippen molar-refractivity contribution in [3.63, 3.8) is 0 Å². The van der Waals surface area contributed by atoms with Gasteiger partial charge in [-0.2, -0.15) is 0 Å². The maximum absolute atomic E-state index is 4.43. The van der Waals surface area contributed by atoms with E-state index in [1.807, 2.05) is 25.4 Å². The van der Waals surface area contributed by atoms with E-state index in [-0.39, 0.29) is 0 Å². The number of halogens is 1. The van der Waals surface area contributed by atoms with Gasteiger partial charge in [0.25, 0.3) is 0 Å². The third-order valence-electron chi connectivity index (χ3n) is 3.80. The highest BCUT2D eigenvalue weighted by molar-refractivity contribution is 9.10. The first-order chi connectivity index (χ1) is 10.7. The van der Waals surface area contributed by atoms with Crippen LogP contribution in [0.3, 0.4) is 0 Å². The SMILES string of the molecule is Cc1ccnc(NC2CCCN(Cc3cncc(Br)c3)C2)n1. The van der Waals surface area contributed by atoms with Crippen molar-refractivity contribution in [3.05, 3.63) is 46.5 Å². The number of piperidine rings is 1. The summed E-state index contributed by atoms with van der Waals surface area (Å²) < 4.78 is 1.03.